The second-order valence-electron chi connectivity index (χ2n) is 5.51. The molecule has 1 atom stereocenters. The molecule has 0 aliphatic heterocycles. The van der Waals surface area contributed by atoms with Crippen molar-refractivity contribution in [1.82, 2.24) is 10.3 Å². The average Bonchev–Trinajstić information content (AvgIpc) is 2.57. The van der Waals surface area contributed by atoms with Crippen molar-refractivity contribution in [3.8, 4) is 0 Å². The van der Waals surface area contributed by atoms with Gasteiger partial charge in [-0.3, -0.25) is 4.98 Å². The van der Waals surface area contributed by atoms with Gasteiger partial charge in [0.15, 0.2) is 0 Å². The number of nitrogens with one attached hydrogen (secondary N) is 1. The van der Waals surface area contributed by atoms with Crippen LogP contribution in [0.3, 0.4) is 0 Å². The number of rotatable bonds is 7. The molecule has 0 aliphatic carbocycles. The molecule has 1 N–H and O–H groups in total. The van der Waals surface area contributed by atoms with Crippen molar-refractivity contribution >= 4 is 0 Å². The van der Waals surface area contributed by atoms with Crippen LogP contribution >= 0.6 is 0 Å². The van der Waals surface area contributed by atoms with Crippen molar-refractivity contribution < 1.29 is 0 Å². The van der Waals surface area contributed by atoms with Gasteiger partial charge in [0.1, 0.15) is 0 Å². The second kappa shape index (κ2) is 7.37. The molecule has 1 heterocycles. The first-order valence-corrected chi connectivity index (χ1v) is 7.97. The summed E-state index contributed by atoms with van der Waals surface area (Å²) in [5.41, 5.74) is 2.78. The Hall–Kier alpha value is -1.67. The summed E-state index contributed by atoms with van der Waals surface area (Å²) in [7, 11) is 0. The third-order valence-corrected chi connectivity index (χ3v) is 4.59. The van der Waals surface area contributed by atoms with E-state index in [0.29, 0.717) is 0 Å². The van der Waals surface area contributed by atoms with Crippen LogP contribution in [-0.2, 0) is 5.41 Å². The minimum absolute atomic E-state index is 0.0975. The first-order chi connectivity index (χ1) is 10.3. The van der Waals surface area contributed by atoms with Gasteiger partial charge in [-0.2, -0.15) is 0 Å². The lowest BCUT2D eigenvalue weighted by Crippen LogP contribution is -2.41. The van der Waals surface area contributed by atoms with Crippen molar-refractivity contribution in [2.75, 3.05) is 6.54 Å². The van der Waals surface area contributed by atoms with E-state index >= 15 is 0 Å². The van der Waals surface area contributed by atoms with Gasteiger partial charge in [-0.05, 0) is 36.6 Å². The van der Waals surface area contributed by atoms with Crippen LogP contribution in [0.1, 0.15) is 50.8 Å². The van der Waals surface area contributed by atoms with Crippen LogP contribution in [0.4, 0.5) is 0 Å². The lowest BCUT2D eigenvalue weighted by Gasteiger charge is -2.41. The SMILES string of the molecule is CCNC(c1cccnc1)C(CC)(CC)c1ccccc1. The van der Waals surface area contributed by atoms with E-state index in [1.807, 2.05) is 18.5 Å². The predicted molar refractivity (Wildman–Crippen MR) is 89.4 cm³/mol. The number of hydrogen-bond donors (Lipinski definition) is 1. The highest BCUT2D eigenvalue weighted by atomic mass is 14.9. The molecule has 0 fully saturated rings. The summed E-state index contributed by atoms with van der Waals surface area (Å²) < 4.78 is 0. The lowest BCUT2D eigenvalue weighted by molar-refractivity contribution is 0.277. The molecular weight excluding hydrogens is 256 g/mol. The molecule has 2 rings (SSSR count). The molecule has 0 bridgehead atoms. The molecule has 2 nitrogen and oxygen atoms in total. The third-order valence-electron chi connectivity index (χ3n) is 4.59. The number of nitrogens with zero attached hydrogens (tertiary/aromatic N) is 1. The van der Waals surface area contributed by atoms with Gasteiger partial charge in [0.2, 0.25) is 0 Å². The molecule has 0 spiro atoms. The molecule has 0 amide bonds. The molecule has 0 saturated heterocycles. The summed E-state index contributed by atoms with van der Waals surface area (Å²) in [4.78, 5) is 4.32. The maximum atomic E-state index is 4.32. The molecule has 0 radical (unpaired) electrons. The van der Waals surface area contributed by atoms with Gasteiger partial charge in [-0.15, -0.1) is 0 Å². The Morgan fingerprint density at radius 2 is 1.71 bits per heavy atom. The number of pyridine rings is 1. The number of benzene rings is 1. The zero-order chi connectivity index (χ0) is 15.1. The first-order valence-electron chi connectivity index (χ1n) is 7.97. The quantitative estimate of drug-likeness (QED) is 0.809. The smallest absolute Gasteiger partial charge is 0.0433 e. The monoisotopic (exact) mass is 282 g/mol. The van der Waals surface area contributed by atoms with E-state index < -0.39 is 0 Å². The van der Waals surface area contributed by atoms with Crippen LogP contribution in [0.25, 0.3) is 0 Å². The molecule has 1 aromatic carbocycles. The van der Waals surface area contributed by atoms with Gasteiger partial charge < -0.3 is 5.32 Å². The molecule has 21 heavy (non-hydrogen) atoms. The van der Waals surface area contributed by atoms with Crippen LogP contribution in [-0.4, -0.2) is 11.5 Å². The third kappa shape index (κ3) is 3.16. The highest BCUT2D eigenvalue weighted by molar-refractivity contribution is 5.32. The van der Waals surface area contributed by atoms with E-state index in [4.69, 9.17) is 0 Å². The Morgan fingerprint density at radius 3 is 2.24 bits per heavy atom. The molecule has 0 saturated carbocycles. The molecule has 1 aromatic heterocycles. The van der Waals surface area contributed by atoms with Crippen LogP contribution in [0, 0.1) is 0 Å². The Bertz CT molecular complexity index is 518. The van der Waals surface area contributed by atoms with E-state index in [2.05, 4.69) is 67.5 Å². The summed E-state index contributed by atoms with van der Waals surface area (Å²) >= 11 is 0. The highest BCUT2D eigenvalue weighted by Crippen LogP contribution is 2.42. The van der Waals surface area contributed by atoms with Gasteiger partial charge in [0.05, 0.1) is 0 Å². The minimum atomic E-state index is 0.0975. The summed E-state index contributed by atoms with van der Waals surface area (Å²) in [5.74, 6) is 0. The standard InChI is InChI=1S/C19H26N2/c1-4-19(5-2,17-12-8-7-9-13-17)18(21-6-3)16-11-10-14-20-15-16/h7-15,18,21H,4-6H2,1-3H3. The zero-order valence-electron chi connectivity index (χ0n) is 13.3. The molecular formula is C19H26N2. The number of aromatic nitrogens is 1. The zero-order valence-corrected chi connectivity index (χ0v) is 13.3. The molecule has 2 heteroatoms. The second-order valence-corrected chi connectivity index (χ2v) is 5.51. The maximum absolute atomic E-state index is 4.32. The Morgan fingerprint density at radius 1 is 1.00 bits per heavy atom. The summed E-state index contributed by atoms with van der Waals surface area (Å²) in [5, 5.41) is 3.70. The normalized spacial score (nSPS) is 13.1. The van der Waals surface area contributed by atoms with Crippen molar-refractivity contribution in [2.24, 2.45) is 0 Å². The van der Waals surface area contributed by atoms with Gasteiger partial charge in [0, 0.05) is 23.9 Å². The predicted octanol–water partition coefficient (Wildman–Crippen LogP) is 4.49. The van der Waals surface area contributed by atoms with E-state index in [0.717, 1.165) is 19.4 Å². The van der Waals surface area contributed by atoms with Crippen LogP contribution in [0.5, 0.6) is 0 Å². The van der Waals surface area contributed by atoms with Gasteiger partial charge >= 0.3 is 0 Å². The fraction of sp³-hybridized carbons (Fsp3) is 0.421. The van der Waals surface area contributed by atoms with Crippen LogP contribution in [0.2, 0.25) is 0 Å². The minimum Gasteiger partial charge on any atom is -0.309 e. The van der Waals surface area contributed by atoms with Crippen molar-refractivity contribution in [1.29, 1.82) is 0 Å². The molecule has 112 valence electrons. The fourth-order valence-corrected chi connectivity index (χ4v) is 3.39. The van der Waals surface area contributed by atoms with E-state index in [1.165, 1.54) is 11.1 Å². The topological polar surface area (TPSA) is 24.9 Å². The average molecular weight is 282 g/mol. The van der Waals surface area contributed by atoms with Crippen molar-refractivity contribution in [3.63, 3.8) is 0 Å². The van der Waals surface area contributed by atoms with Gasteiger partial charge in [-0.1, -0.05) is 57.2 Å². The number of hydrogen-bond acceptors (Lipinski definition) is 2. The summed E-state index contributed by atoms with van der Waals surface area (Å²) in [6.45, 7) is 7.70. The Balaban J connectivity index is 2.52. The summed E-state index contributed by atoms with van der Waals surface area (Å²) in [6.07, 6.45) is 6.03. The van der Waals surface area contributed by atoms with Crippen molar-refractivity contribution in [3.05, 3.63) is 66.0 Å². The number of likely N-dealkylation sites (N-methyl/N-ethyl adjacent to an activating group) is 1. The molecule has 2 aromatic rings. The molecule has 0 aliphatic rings. The van der Waals surface area contributed by atoms with Gasteiger partial charge in [0.25, 0.3) is 0 Å². The Kier molecular flexibility index (Phi) is 5.51. The lowest BCUT2D eigenvalue weighted by atomic mass is 9.68. The van der Waals surface area contributed by atoms with E-state index in [-0.39, 0.29) is 11.5 Å². The van der Waals surface area contributed by atoms with Gasteiger partial charge in [-0.25, -0.2) is 0 Å². The fourth-order valence-electron chi connectivity index (χ4n) is 3.39. The van der Waals surface area contributed by atoms with Crippen LogP contribution in [0.15, 0.2) is 54.9 Å². The first kappa shape index (κ1) is 15.7. The Labute approximate surface area is 128 Å². The molecule has 1 unspecified atom stereocenters. The van der Waals surface area contributed by atoms with E-state index in [1.54, 1.807) is 0 Å². The summed E-state index contributed by atoms with van der Waals surface area (Å²) in [6, 6.07) is 15.4. The maximum Gasteiger partial charge on any atom is 0.0433 e. The largest absolute Gasteiger partial charge is 0.309 e. The van der Waals surface area contributed by atoms with Crippen LogP contribution < -0.4 is 5.32 Å². The van der Waals surface area contributed by atoms with Crippen molar-refractivity contribution in [2.45, 2.75) is 45.1 Å². The van der Waals surface area contributed by atoms with E-state index in [9.17, 15) is 0 Å². The highest BCUT2D eigenvalue weighted by Gasteiger charge is 2.37.